The van der Waals surface area contributed by atoms with Crippen LogP contribution in [-0.4, -0.2) is 22.0 Å². The molecule has 0 aliphatic carbocycles. The fraction of sp³-hybridized carbons (Fsp3) is 0.0667. The lowest BCUT2D eigenvalue weighted by molar-refractivity contribution is 0.0660. The molecule has 1 amide bonds. The minimum absolute atomic E-state index is 0.134. The second kappa shape index (κ2) is 5.16. The van der Waals surface area contributed by atoms with Gasteiger partial charge in [-0.1, -0.05) is 6.07 Å². The molecule has 6 nitrogen and oxygen atoms in total. The maximum absolute atomic E-state index is 12.0. The van der Waals surface area contributed by atoms with Crippen LogP contribution in [0.4, 0.5) is 0 Å². The number of carbonyl (C=O) groups excluding carboxylic acids is 1. The van der Waals surface area contributed by atoms with Gasteiger partial charge in [0.1, 0.15) is 5.76 Å². The van der Waals surface area contributed by atoms with Crippen molar-refractivity contribution in [2.45, 2.75) is 6.54 Å². The maximum atomic E-state index is 12.0. The van der Waals surface area contributed by atoms with Gasteiger partial charge in [-0.05, 0) is 35.7 Å². The quantitative estimate of drug-likeness (QED) is 0.685. The van der Waals surface area contributed by atoms with Crippen LogP contribution in [0.25, 0.3) is 10.9 Å². The number of amides is 1. The van der Waals surface area contributed by atoms with Crippen LogP contribution >= 0.6 is 0 Å². The molecule has 0 saturated heterocycles. The van der Waals surface area contributed by atoms with Gasteiger partial charge in [0.05, 0.1) is 6.54 Å². The molecule has 0 aliphatic rings. The predicted molar refractivity (Wildman–Crippen MR) is 75.1 cm³/mol. The molecule has 0 bridgehead atoms. The number of carboxylic acids is 1. The van der Waals surface area contributed by atoms with E-state index in [1.54, 1.807) is 12.1 Å². The number of hydrogen-bond donors (Lipinski definition) is 3. The molecular formula is C15H12N2O4. The number of rotatable bonds is 4. The van der Waals surface area contributed by atoms with E-state index >= 15 is 0 Å². The van der Waals surface area contributed by atoms with Gasteiger partial charge in [0.15, 0.2) is 0 Å². The monoisotopic (exact) mass is 284 g/mol. The van der Waals surface area contributed by atoms with Crippen molar-refractivity contribution in [2.24, 2.45) is 0 Å². The van der Waals surface area contributed by atoms with Crippen LogP contribution in [-0.2, 0) is 6.54 Å². The zero-order chi connectivity index (χ0) is 14.8. The Hall–Kier alpha value is -3.02. The second-order valence-electron chi connectivity index (χ2n) is 4.53. The Balaban J connectivity index is 1.69. The standard InChI is InChI=1S/C15H12N2O4/c18-14(10-2-1-9-5-6-16-12(9)7-10)17-8-11-3-4-13(21-11)15(19)20/h1-7,16H,8H2,(H,17,18)(H,19,20). The summed E-state index contributed by atoms with van der Waals surface area (Å²) in [5, 5.41) is 12.5. The Kier molecular flexibility index (Phi) is 3.19. The van der Waals surface area contributed by atoms with Crippen LogP contribution in [0.1, 0.15) is 26.7 Å². The number of benzene rings is 1. The Morgan fingerprint density at radius 2 is 2.05 bits per heavy atom. The Labute approximate surface area is 119 Å². The van der Waals surface area contributed by atoms with Crippen LogP contribution in [0.15, 0.2) is 47.0 Å². The summed E-state index contributed by atoms with van der Waals surface area (Å²) in [5.74, 6) is -1.14. The molecular weight excluding hydrogens is 272 g/mol. The molecule has 2 heterocycles. The number of fused-ring (bicyclic) bond motifs is 1. The van der Waals surface area contributed by atoms with Crippen molar-refractivity contribution >= 4 is 22.8 Å². The molecule has 6 heteroatoms. The molecule has 0 radical (unpaired) electrons. The van der Waals surface area contributed by atoms with Gasteiger partial charge in [-0.2, -0.15) is 0 Å². The molecule has 1 aromatic carbocycles. The maximum Gasteiger partial charge on any atom is 0.371 e. The van der Waals surface area contributed by atoms with Crippen molar-refractivity contribution in [3.8, 4) is 0 Å². The molecule has 106 valence electrons. The summed E-state index contributed by atoms with van der Waals surface area (Å²) in [6.45, 7) is 0.134. The molecule has 21 heavy (non-hydrogen) atoms. The molecule has 0 unspecified atom stereocenters. The van der Waals surface area contributed by atoms with Gasteiger partial charge >= 0.3 is 5.97 Å². The van der Waals surface area contributed by atoms with E-state index in [0.717, 1.165) is 10.9 Å². The van der Waals surface area contributed by atoms with Gasteiger partial charge in [-0.3, -0.25) is 4.79 Å². The molecule has 0 atom stereocenters. The van der Waals surface area contributed by atoms with Crippen molar-refractivity contribution in [1.82, 2.24) is 10.3 Å². The van der Waals surface area contributed by atoms with Crippen LogP contribution in [0.2, 0.25) is 0 Å². The topological polar surface area (TPSA) is 95.3 Å². The van der Waals surface area contributed by atoms with E-state index in [1.165, 1.54) is 12.1 Å². The summed E-state index contributed by atoms with van der Waals surface area (Å²) in [6, 6.07) is 10.2. The van der Waals surface area contributed by atoms with E-state index in [2.05, 4.69) is 10.3 Å². The number of nitrogens with one attached hydrogen (secondary N) is 2. The number of carboxylic acid groups (broad SMARTS) is 1. The van der Waals surface area contributed by atoms with Crippen LogP contribution in [0.3, 0.4) is 0 Å². The average Bonchev–Trinajstić information content (AvgIpc) is 3.12. The summed E-state index contributed by atoms with van der Waals surface area (Å²) in [7, 11) is 0. The largest absolute Gasteiger partial charge is 0.475 e. The van der Waals surface area contributed by atoms with Gasteiger partial charge in [-0.15, -0.1) is 0 Å². The zero-order valence-corrected chi connectivity index (χ0v) is 10.9. The number of aromatic amines is 1. The van der Waals surface area contributed by atoms with Crippen molar-refractivity contribution in [1.29, 1.82) is 0 Å². The van der Waals surface area contributed by atoms with Gasteiger partial charge in [0.2, 0.25) is 5.76 Å². The SMILES string of the molecule is O=C(NCc1ccc(C(=O)O)o1)c1ccc2cc[nH]c2c1. The Morgan fingerprint density at radius 3 is 2.81 bits per heavy atom. The lowest BCUT2D eigenvalue weighted by atomic mass is 10.1. The normalized spacial score (nSPS) is 10.7. The lowest BCUT2D eigenvalue weighted by Crippen LogP contribution is -2.22. The molecule has 3 aromatic rings. The molecule has 3 rings (SSSR count). The first-order valence-corrected chi connectivity index (χ1v) is 6.31. The van der Waals surface area contributed by atoms with Crippen molar-refractivity contribution in [3.63, 3.8) is 0 Å². The van der Waals surface area contributed by atoms with Crippen LogP contribution < -0.4 is 5.32 Å². The molecule has 0 aliphatic heterocycles. The third-order valence-corrected chi connectivity index (χ3v) is 3.11. The smallest absolute Gasteiger partial charge is 0.371 e. The summed E-state index contributed by atoms with van der Waals surface area (Å²) in [4.78, 5) is 25.8. The van der Waals surface area contributed by atoms with E-state index in [1.807, 2.05) is 18.3 Å². The van der Waals surface area contributed by atoms with Gasteiger partial charge in [0, 0.05) is 17.3 Å². The minimum Gasteiger partial charge on any atom is -0.475 e. The van der Waals surface area contributed by atoms with Crippen molar-refractivity contribution in [3.05, 3.63) is 59.7 Å². The van der Waals surface area contributed by atoms with Crippen molar-refractivity contribution in [2.75, 3.05) is 0 Å². The third-order valence-electron chi connectivity index (χ3n) is 3.11. The van der Waals surface area contributed by atoms with Gasteiger partial charge in [0.25, 0.3) is 5.91 Å². The number of aromatic carboxylic acids is 1. The summed E-state index contributed by atoms with van der Waals surface area (Å²) < 4.78 is 5.07. The molecule has 0 saturated carbocycles. The van der Waals surface area contributed by atoms with Crippen LogP contribution in [0.5, 0.6) is 0 Å². The van der Waals surface area contributed by atoms with Gasteiger partial charge < -0.3 is 19.8 Å². The Bertz CT molecular complexity index is 816. The predicted octanol–water partition coefficient (Wildman–Crippen LogP) is 2.39. The first-order chi connectivity index (χ1) is 10.1. The van der Waals surface area contributed by atoms with E-state index in [0.29, 0.717) is 11.3 Å². The molecule has 0 fully saturated rings. The summed E-state index contributed by atoms with van der Waals surface area (Å²) in [5.41, 5.74) is 1.41. The fourth-order valence-electron chi connectivity index (χ4n) is 2.05. The fourth-order valence-corrected chi connectivity index (χ4v) is 2.05. The first kappa shape index (κ1) is 13.0. The number of carbonyl (C=O) groups is 2. The van der Waals surface area contributed by atoms with E-state index in [4.69, 9.17) is 9.52 Å². The second-order valence-corrected chi connectivity index (χ2v) is 4.53. The first-order valence-electron chi connectivity index (χ1n) is 6.31. The highest BCUT2D eigenvalue weighted by Gasteiger charge is 2.11. The Morgan fingerprint density at radius 1 is 1.19 bits per heavy atom. The van der Waals surface area contributed by atoms with Gasteiger partial charge in [-0.25, -0.2) is 4.79 Å². The van der Waals surface area contributed by atoms with Crippen molar-refractivity contribution < 1.29 is 19.1 Å². The van der Waals surface area contributed by atoms with Crippen LogP contribution in [0, 0.1) is 0 Å². The lowest BCUT2D eigenvalue weighted by Gasteiger charge is -2.03. The number of H-pyrrole nitrogens is 1. The highest BCUT2D eigenvalue weighted by atomic mass is 16.4. The number of furan rings is 1. The molecule has 2 aromatic heterocycles. The highest BCUT2D eigenvalue weighted by molar-refractivity contribution is 5.97. The zero-order valence-electron chi connectivity index (χ0n) is 10.9. The number of hydrogen-bond acceptors (Lipinski definition) is 3. The highest BCUT2D eigenvalue weighted by Crippen LogP contribution is 2.14. The van der Waals surface area contributed by atoms with E-state index < -0.39 is 5.97 Å². The average molecular weight is 284 g/mol. The third kappa shape index (κ3) is 2.64. The summed E-state index contributed by atoms with van der Waals surface area (Å²) >= 11 is 0. The molecule has 0 spiro atoms. The number of aromatic nitrogens is 1. The van der Waals surface area contributed by atoms with E-state index in [-0.39, 0.29) is 18.2 Å². The van der Waals surface area contributed by atoms with E-state index in [9.17, 15) is 9.59 Å². The minimum atomic E-state index is -1.13. The summed E-state index contributed by atoms with van der Waals surface area (Å²) in [6.07, 6.45) is 1.81. The molecule has 3 N–H and O–H groups in total.